The summed E-state index contributed by atoms with van der Waals surface area (Å²) in [4.78, 5) is 0. The second kappa shape index (κ2) is 5.26. The first-order chi connectivity index (χ1) is 10.1. The van der Waals surface area contributed by atoms with Gasteiger partial charge in [-0.3, -0.25) is 0 Å². The smallest absolute Gasteiger partial charge is 0.178 e. The molecule has 0 aliphatic carbocycles. The number of nitrogen functional groups attached to an aromatic ring is 1. The van der Waals surface area contributed by atoms with Crippen LogP contribution in [0.4, 0.5) is 5.82 Å². The summed E-state index contributed by atoms with van der Waals surface area (Å²) in [6.07, 6.45) is 0. The van der Waals surface area contributed by atoms with Gasteiger partial charge in [0.1, 0.15) is 5.75 Å². The number of rotatable bonds is 3. The van der Waals surface area contributed by atoms with Crippen LogP contribution in [0, 0.1) is 13.8 Å². The van der Waals surface area contributed by atoms with Gasteiger partial charge in [0.25, 0.3) is 0 Å². The van der Waals surface area contributed by atoms with E-state index in [4.69, 9.17) is 15.0 Å². The van der Waals surface area contributed by atoms with E-state index in [2.05, 4.69) is 10.5 Å². The Kier molecular flexibility index (Phi) is 3.43. The van der Waals surface area contributed by atoms with Gasteiger partial charge in [-0.05, 0) is 42.0 Å². The molecule has 0 bridgehead atoms. The number of nitrogens with zero attached hydrogens (tertiary/aromatic N) is 1. The number of aryl methyl sites for hydroxylation is 2. The Hall–Kier alpha value is -2.27. The van der Waals surface area contributed by atoms with Crippen molar-refractivity contribution in [2.24, 2.45) is 0 Å². The minimum Gasteiger partial charge on any atom is -0.496 e. The molecule has 0 spiro atoms. The van der Waals surface area contributed by atoms with Crippen LogP contribution >= 0.6 is 11.3 Å². The topological polar surface area (TPSA) is 61.3 Å². The average Bonchev–Trinajstić information content (AvgIpc) is 3.05. The Labute approximate surface area is 127 Å². The van der Waals surface area contributed by atoms with Crippen LogP contribution in [0.25, 0.3) is 22.5 Å². The molecule has 0 saturated carbocycles. The van der Waals surface area contributed by atoms with E-state index in [-0.39, 0.29) is 0 Å². The molecule has 2 N–H and O–H groups in total. The number of thiophene rings is 1. The van der Waals surface area contributed by atoms with E-state index in [0.29, 0.717) is 11.6 Å². The number of ether oxygens (including phenoxy) is 1. The van der Waals surface area contributed by atoms with Crippen molar-refractivity contribution in [2.45, 2.75) is 13.8 Å². The Bertz CT molecular complexity index is 789. The molecule has 2 heterocycles. The van der Waals surface area contributed by atoms with Crippen molar-refractivity contribution in [3.05, 3.63) is 40.1 Å². The molecule has 21 heavy (non-hydrogen) atoms. The molecule has 5 heteroatoms. The van der Waals surface area contributed by atoms with Crippen LogP contribution in [0.2, 0.25) is 0 Å². The summed E-state index contributed by atoms with van der Waals surface area (Å²) in [6.45, 7) is 4.05. The summed E-state index contributed by atoms with van der Waals surface area (Å²) in [5.74, 6) is 1.92. The number of aromatic nitrogens is 1. The first-order valence-electron chi connectivity index (χ1n) is 6.55. The lowest BCUT2D eigenvalue weighted by molar-refractivity contribution is 0.412. The molecule has 3 aromatic rings. The largest absolute Gasteiger partial charge is 0.496 e. The van der Waals surface area contributed by atoms with Crippen LogP contribution in [0.1, 0.15) is 11.1 Å². The van der Waals surface area contributed by atoms with Gasteiger partial charge in [-0.1, -0.05) is 17.3 Å². The molecule has 0 radical (unpaired) electrons. The zero-order valence-corrected chi connectivity index (χ0v) is 13.0. The first-order valence-corrected chi connectivity index (χ1v) is 7.49. The number of hydrogen-bond acceptors (Lipinski definition) is 5. The highest BCUT2D eigenvalue weighted by Gasteiger charge is 2.20. The highest BCUT2D eigenvalue weighted by Crippen LogP contribution is 2.40. The fourth-order valence-electron chi connectivity index (χ4n) is 2.33. The molecule has 2 aromatic heterocycles. The van der Waals surface area contributed by atoms with E-state index in [1.165, 1.54) is 0 Å². The molecule has 4 nitrogen and oxygen atoms in total. The van der Waals surface area contributed by atoms with Gasteiger partial charge in [0.2, 0.25) is 0 Å². The summed E-state index contributed by atoms with van der Waals surface area (Å²) in [5, 5.41) is 8.06. The van der Waals surface area contributed by atoms with Crippen LogP contribution < -0.4 is 10.5 Å². The molecule has 0 amide bonds. The summed E-state index contributed by atoms with van der Waals surface area (Å²) in [6, 6.07) is 5.97. The summed E-state index contributed by atoms with van der Waals surface area (Å²) in [7, 11) is 1.66. The van der Waals surface area contributed by atoms with Gasteiger partial charge >= 0.3 is 0 Å². The van der Waals surface area contributed by atoms with Crippen molar-refractivity contribution in [1.82, 2.24) is 5.16 Å². The third-order valence-electron chi connectivity index (χ3n) is 3.52. The van der Waals surface area contributed by atoms with Crippen LogP contribution in [-0.4, -0.2) is 12.3 Å². The molecule has 108 valence electrons. The molecular weight excluding hydrogens is 284 g/mol. The summed E-state index contributed by atoms with van der Waals surface area (Å²) < 4.78 is 10.9. The predicted molar refractivity (Wildman–Crippen MR) is 85.7 cm³/mol. The van der Waals surface area contributed by atoms with Crippen LogP contribution in [0.15, 0.2) is 33.5 Å². The normalized spacial score (nSPS) is 10.8. The van der Waals surface area contributed by atoms with Gasteiger partial charge in [-0.25, -0.2) is 0 Å². The molecule has 0 unspecified atom stereocenters. The maximum Gasteiger partial charge on any atom is 0.178 e. The third-order valence-corrected chi connectivity index (χ3v) is 4.38. The van der Waals surface area contributed by atoms with E-state index in [1.54, 1.807) is 18.4 Å². The van der Waals surface area contributed by atoms with Crippen LogP contribution in [0.5, 0.6) is 5.75 Å². The van der Waals surface area contributed by atoms with E-state index >= 15 is 0 Å². The SMILES string of the molecule is COc1cc(-c2c(N)noc2-c2cscc2C)ccc1C. The fourth-order valence-corrected chi connectivity index (χ4v) is 3.16. The van der Waals surface area contributed by atoms with Crippen molar-refractivity contribution in [2.75, 3.05) is 12.8 Å². The summed E-state index contributed by atoms with van der Waals surface area (Å²) in [5.41, 5.74) is 11.0. The molecule has 1 aromatic carbocycles. The van der Waals surface area contributed by atoms with Gasteiger partial charge in [-0.15, -0.1) is 0 Å². The maximum absolute atomic E-state index is 6.02. The van der Waals surface area contributed by atoms with Gasteiger partial charge in [0, 0.05) is 10.9 Å². The number of nitrogens with two attached hydrogens (primary N) is 1. The zero-order valence-electron chi connectivity index (χ0n) is 12.1. The lowest BCUT2D eigenvalue weighted by Gasteiger charge is -2.08. The first kappa shape index (κ1) is 13.7. The van der Waals surface area contributed by atoms with Gasteiger partial charge in [-0.2, -0.15) is 11.3 Å². The second-order valence-electron chi connectivity index (χ2n) is 4.92. The minimum absolute atomic E-state index is 0.390. The van der Waals surface area contributed by atoms with Crippen molar-refractivity contribution < 1.29 is 9.26 Å². The van der Waals surface area contributed by atoms with E-state index < -0.39 is 0 Å². The maximum atomic E-state index is 6.02. The lowest BCUT2D eigenvalue weighted by Crippen LogP contribution is -1.92. The van der Waals surface area contributed by atoms with Crippen LogP contribution in [-0.2, 0) is 0 Å². The molecule has 3 rings (SSSR count). The Morgan fingerprint density at radius 2 is 2.00 bits per heavy atom. The fraction of sp³-hybridized carbons (Fsp3) is 0.188. The molecule has 0 fully saturated rings. The quantitative estimate of drug-likeness (QED) is 0.784. The third kappa shape index (κ3) is 2.29. The standard InChI is InChI=1S/C16H16N2O2S/c1-9-4-5-11(6-13(9)19-3)14-15(20-18-16(14)17)12-8-21-7-10(12)2/h4-8H,1-3H3,(H2,17,18). The number of hydrogen-bond donors (Lipinski definition) is 1. The predicted octanol–water partition coefficient (Wildman–Crippen LogP) is 4.28. The Balaban J connectivity index is 2.19. The second-order valence-corrected chi connectivity index (χ2v) is 5.67. The molecule has 0 aliphatic heterocycles. The van der Waals surface area contributed by atoms with Gasteiger partial charge in [0.05, 0.1) is 12.7 Å². The number of methoxy groups -OCH3 is 1. The summed E-state index contributed by atoms with van der Waals surface area (Å²) >= 11 is 1.63. The van der Waals surface area contributed by atoms with E-state index in [0.717, 1.165) is 33.6 Å². The minimum atomic E-state index is 0.390. The number of benzene rings is 1. The zero-order chi connectivity index (χ0) is 15.0. The van der Waals surface area contributed by atoms with Crippen molar-refractivity contribution in [3.63, 3.8) is 0 Å². The van der Waals surface area contributed by atoms with E-state index in [9.17, 15) is 0 Å². The monoisotopic (exact) mass is 300 g/mol. The van der Waals surface area contributed by atoms with Crippen LogP contribution in [0.3, 0.4) is 0 Å². The highest BCUT2D eigenvalue weighted by atomic mass is 32.1. The van der Waals surface area contributed by atoms with Gasteiger partial charge < -0.3 is 15.0 Å². The average molecular weight is 300 g/mol. The van der Waals surface area contributed by atoms with Crippen molar-refractivity contribution in [1.29, 1.82) is 0 Å². The molecule has 0 atom stereocenters. The van der Waals surface area contributed by atoms with Crippen molar-refractivity contribution >= 4 is 17.2 Å². The Morgan fingerprint density at radius 1 is 1.19 bits per heavy atom. The molecule has 0 saturated heterocycles. The van der Waals surface area contributed by atoms with Crippen molar-refractivity contribution in [3.8, 4) is 28.2 Å². The highest BCUT2D eigenvalue weighted by molar-refractivity contribution is 7.08. The number of anilines is 1. The molecular formula is C16H16N2O2S. The Morgan fingerprint density at radius 3 is 2.67 bits per heavy atom. The molecule has 0 aliphatic rings. The lowest BCUT2D eigenvalue weighted by atomic mass is 10.00. The van der Waals surface area contributed by atoms with Gasteiger partial charge in [0.15, 0.2) is 11.6 Å². The van der Waals surface area contributed by atoms with E-state index in [1.807, 2.05) is 37.4 Å².